The second-order valence-corrected chi connectivity index (χ2v) is 2.96. The molecule has 1 rings (SSSR count). The van der Waals surface area contributed by atoms with Gasteiger partial charge in [-0.25, -0.2) is 0 Å². The number of rotatable bonds is 0. The molecule has 0 saturated carbocycles. The van der Waals surface area contributed by atoms with Crippen LogP contribution >= 0.6 is 0 Å². The van der Waals surface area contributed by atoms with Crippen molar-refractivity contribution in [3.8, 4) is 0 Å². The summed E-state index contributed by atoms with van der Waals surface area (Å²) in [6, 6.07) is 0. The van der Waals surface area contributed by atoms with Crippen molar-refractivity contribution in [2.24, 2.45) is 11.7 Å². The van der Waals surface area contributed by atoms with Crippen LogP contribution in [0.4, 0.5) is 13.2 Å². The summed E-state index contributed by atoms with van der Waals surface area (Å²) in [6.45, 7) is 1.69. The Bertz CT molecular complexity index is 237. The summed E-state index contributed by atoms with van der Waals surface area (Å²) < 4.78 is 36.3. The van der Waals surface area contributed by atoms with Crippen molar-refractivity contribution in [1.82, 2.24) is 0 Å². The van der Waals surface area contributed by atoms with Gasteiger partial charge in [0.15, 0.2) is 0 Å². The first-order valence-corrected chi connectivity index (χ1v) is 3.64. The second kappa shape index (κ2) is 2.84. The van der Waals surface area contributed by atoms with E-state index in [2.05, 4.69) is 0 Å². The van der Waals surface area contributed by atoms with Crippen LogP contribution in [-0.2, 0) is 0 Å². The first-order chi connectivity index (χ1) is 5.41. The van der Waals surface area contributed by atoms with Gasteiger partial charge in [-0.2, -0.15) is 13.2 Å². The fourth-order valence-corrected chi connectivity index (χ4v) is 1.09. The van der Waals surface area contributed by atoms with Gasteiger partial charge in [-0.3, -0.25) is 0 Å². The summed E-state index contributed by atoms with van der Waals surface area (Å²) in [7, 11) is 0. The molecule has 0 radical (unpaired) electrons. The van der Waals surface area contributed by atoms with Crippen molar-refractivity contribution < 1.29 is 13.2 Å². The number of alkyl halides is 3. The predicted octanol–water partition coefficient (Wildman–Crippen LogP) is 2.36. The molecule has 0 unspecified atom stereocenters. The zero-order valence-corrected chi connectivity index (χ0v) is 6.65. The lowest BCUT2D eigenvalue weighted by molar-refractivity contribution is -0.0950. The van der Waals surface area contributed by atoms with Gasteiger partial charge in [0.05, 0.1) is 0 Å². The summed E-state index contributed by atoms with van der Waals surface area (Å²) in [5.74, 6) is -0.202. The Labute approximate surface area is 68.7 Å². The number of hydrogen-bond acceptors (Lipinski definition) is 1. The first-order valence-electron chi connectivity index (χ1n) is 3.64. The molecule has 0 aromatic rings. The molecule has 0 saturated heterocycles. The normalized spacial score (nSPS) is 24.8. The van der Waals surface area contributed by atoms with Gasteiger partial charge < -0.3 is 5.73 Å². The molecule has 0 amide bonds. The molecule has 0 aliphatic heterocycles. The molecule has 0 spiro atoms. The molecule has 0 heterocycles. The Morgan fingerprint density at radius 1 is 1.42 bits per heavy atom. The summed E-state index contributed by atoms with van der Waals surface area (Å²) >= 11 is 0. The summed E-state index contributed by atoms with van der Waals surface area (Å²) in [4.78, 5) is 0. The molecule has 0 aromatic carbocycles. The van der Waals surface area contributed by atoms with Crippen molar-refractivity contribution in [2.45, 2.75) is 19.5 Å². The van der Waals surface area contributed by atoms with E-state index in [-0.39, 0.29) is 12.3 Å². The molecule has 1 aliphatic rings. The van der Waals surface area contributed by atoms with Gasteiger partial charge in [0.2, 0.25) is 0 Å². The number of halogens is 3. The van der Waals surface area contributed by atoms with Crippen LogP contribution in [0.3, 0.4) is 0 Å². The van der Waals surface area contributed by atoms with Crippen LogP contribution < -0.4 is 5.73 Å². The van der Waals surface area contributed by atoms with Gasteiger partial charge in [0.1, 0.15) is 0 Å². The molecule has 1 nitrogen and oxygen atoms in total. The molecule has 4 heteroatoms. The van der Waals surface area contributed by atoms with E-state index >= 15 is 0 Å². The van der Waals surface area contributed by atoms with Crippen LogP contribution in [0.15, 0.2) is 23.4 Å². The lowest BCUT2D eigenvalue weighted by Crippen LogP contribution is -2.20. The summed E-state index contributed by atoms with van der Waals surface area (Å²) in [5, 5.41) is 0. The Morgan fingerprint density at radius 3 is 2.42 bits per heavy atom. The van der Waals surface area contributed by atoms with Gasteiger partial charge in [0.25, 0.3) is 0 Å². The van der Waals surface area contributed by atoms with Crippen molar-refractivity contribution in [3.63, 3.8) is 0 Å². The smallest absolute Gasteiger partial charge is 0.402 e. The molecular weight excluding hydrogens is 167 g/mol. The van der Waals surface area contributed by atoms with Crippen LogP contribution in [0.2, 0.25) is 0 Å². The second-order valence-electron chi connectivity index (χ2n) is 2.96. The van der Waals surface area contributed by atoms with Gasteiger partial charge >= 0.3 is 6.18 Å². The fraction of sp³-hybridized carbons (Fsp3) is 0.500. The maximum absolute atomic E-state index is 12.1. The standard InChI is InChI=1S/C8H10F3N/c1-5-4-6(8(9,10)11)2-3-7(5)12/h2-3,5H,4,12H2,1H3/t5-/m0/s1. The summed E-state index contributed by atoms with van der Waals surface area (Å²) in [6.07, 6.45) is -1.83. The highest BCUT2D eigenvalue weighted by Crippen LogP contribution is 2.34. The largest absolute Gasteiger partial charge is 0.412 e. The van der Waals surface area contributed by atoms with Gasteiger partial charge in [-0.1, -0.05) is 13.0 Å². The van der Waals surface area contributed by atoms with E-state index in [1.807, 2.05) is 0 Å². The van der Waals surface area contributed by atoms with Crippen LogP contribution in [0, 0.1) is 5.92 Å². The highest BCUT2D eigenvalue weighted by atomic mass is 19.4. The van der Waals surface area contributed by atoms with Gasteiger partial charge in [-0.05, 0) is 18.4 Å². The average molecular weight is 177 g/mol. The first kappa shape index (κ1) is 9.16. The van der Waals surface area contributed by atoms with Crippen molar-refractivity contribution in [2.75, 3.05) is 0 Å². The zero-order valence-electron chi connectivity index (χ0n) is 6.65. The lowest BCUT2D eigenvalue weighted by atomic mass is 9.93. The molecule has 12 heavy (non-hydrogen) atoms. The topological polar surface area (TPSA) is 26.0 Å². The molecule has 1 aliphatic carbocycles. The Kier molecular flexibility index (Phi) is 2.17. The minimum absolute atomic E-state index is 0.00810. The van der Waals surface area contributed by atoms with E-state index in [0.717, 1.165) is 6.08 Å². The predicted molar refractivity (Wildman–Crippen MR) is 40.2 cm³/mol. The third-order valence-electron chi connectivity index (χ3n) is 1.94. The van der Waals surface area contributed by atoms with Crippen molar-refractivity contribution >= 4 is 0 Å². The molecule has 0 fully saturated rings. The third kappa shape index (κ3) is 1.81. The lowest BCUT2D eigenvalue weighted by Gasteiger charge is -2.20. The highest BCUT2D eigenvalue weighted by molar-refractivity contribution is 5.26. The van der Waals surface area contributed by atoms with Crippen LogP contribution in [0.25, 0.3) is 0 Å². The molecular formula is C8H10F3N. The van der Waals surface area contributed by atoms with Crippen LogP contribution in [0.1, 0.15) is 13.3 Å². The Morgan fingerprint density at radius 2 is 2.00 bits per heavy atom. The van der Waals surface area contributed by atoms with Gasteiger partial charge in [-0.15, -0.1) is 0 Å². The molecule has 0 aromatic heterocycles. The van der Waals surface area contributed by atoms with E-state index in [4.69, 9.17) is 5.73 Å². The van der Waals surface area contributed by atoms with Gasteiger partial charge in [0, 0.05) is 11.3 Å². The number of allylic oxidation sites excluding steroid dienone is 4. The zero-order chi connectivity index (χ0) is 9.35. The monoisotopic (exact) mass is 177 g/mol. The van der Waals surface area contributed by atoms with E-state index in [9.17, 15) is 13.2 Å². The van der Waals surface area contributed by atoms with E-state index in [0.29, 0.717) is 5.70 Å². The van der Waals surface area contributed by atoms with Crippen molar-refractivity contribution in [3.05, 3.63) is 23.4 Å². The minimum atomic E-state index is -4.20. The van der Waals surface area contributed by atoms with E-state index < -0.39 is 11.7 Å². The van der Waals surface area contributed by atoms with Crippen molar-refractivity contribution in [1.29, 1.82) is 0 Å². The van der Waals surface area contributed by atoms with E-state index in [1.54, 1.807) is 6.92 Å². The average Bonchev–Trinajstić information content (AvgIpc) is 1.92. The third-order valence-corrected chi connectivity index (χ3v) is 1.94. The number of nitrogens with two attached hydrogens (primary N) is 1. The van der Waals surface area contributed by atoms with Crippen LogP contribution in [0.5, 0.6) is 0 Å². The minimum Gasteiger partial charge on any atom is -0.402 e. The van der Waals surface area contributed by atoms with E-state index in [1.165, 1.54) is 6.08 Å². The summed E-state index contributed by atoms with van der Waals surface area (Å²) in [5.41, 5.74) is 5.45. The maximum atomic E-state index is 12.1. The molecule has 2 N–H and O–H groups in total. The number of hydrogen-bond donors (Lipinski definition) is 1. The highest BCUT2D eigenvalue weighted by Gasteiger charge is 2.35. The Hall–Kier alpha value is -0.930. The fourth-order valence-electron chi connectivity index (χ4n) is 1.09. The molecule has 0 bridgehead atoms. The SMILES string of the molecule is C[C@H]1CC(C(F)(F)F)=CC=C1N. The Balaban J connectivity index is 2.84. The molecule has 1 atom stereocenters. The quantitative estimate of drug-likeness (QED) is 0.603. The molecule has 68 valence electrons. The maximum Gasteiger partial charge on any atom is 0.412 e. The van der Waals surface area contributed by atoms with Crippen LogP contribution in [-0.4, -0.2) is 6.18 Å².